The first kappa shape index (κ1) is 16.8. The lowest BCUT2D eigenvalue weighted by molar-refractivity contribution is -0.113. The van der Waals surface area contributed by atoms with E-state index >= 15 is 0 Å². The maximum Gasteiger partial charge on any atom is 0.335 e. The van der Waals surface area contributed by atoms with Gasteiger partial charge in [-0.3, -0.25) is 4.79 Å². The third-order valence-electron chi connectivity index (χ3n) is 2.58. The third-order valence-corrected chi connectivity index (χ3v) is 4.04. The molecule has 0 aliphatic rings. The predicted octanol–water partition coefficient (Wildman–Crippen LogP) is 2.45. The number of hydrogen-bond acceptors (Lipinski definition) is 4. The van der Waals surface area contributed by atoms with Gasteiger partial charge in [-0.25, -0.2) is 4.79 Å². The quantitative estimate of drug-likeness (QED) is 0.718. The summed E-state index contributed by atoms with van der Waals surface area (Å²) in [5.74, 6) is -0.350. The molecule has 0 aliphatic heterocycles. The van der Waals surface area contributed by atoms with Crippen LogP contribution in [0.1, 0.15) is 23.7 Å². The van der Waals surface area contributed by atoms with Gasteiger partial charge in [0, 0.05) is 11.8 Å². The molecule has 20 heavy (non-hydrogen) atoms. The molecule has 110 valence electrons. The standard InChI is InChI=1S/C13H17ClN2O3S/c1-2-9(15)6-20-7-12(17)16-11-5-8(13(18)19)3-4-10(11)14/h3-5,9H,2,6-7,15H2,1H3,(H,16,17)(H,18,19). The normalized spacial score (nSPS) is 11.9. The van der Waals surface area contributed by atoms with Gasteiger partial charge in [-0.05, 0) is 24.6 Å². The molecule has 0 fully saturated rings. The molecular weight excluding hydrogens is 300 g/mol. The number of hydrogen-bond donors (Lipinski definition) is 3. The number of carbonyl (C=O) groups is 2. The maximum absolute atomic E-state index is 11.7. The minimum Gasteiger partial charge on any atom is -0.478 e. The minimum atomic E-state index is -1.07. The van der Waals surface area contributed by atoms with Crippen LogP contribution in [0.15, 0.2) is 18.2 Å². The summed E-state index contributed by atoms with van der Waals surface area (Å²) >= 11 is 7.35. The summed E-state index contributed by atoms with van der Waals surface area (Å²) in [5, 5.41) is 11.8. The number of nitrogens with one attached hydrogen (secondary N) is 1. The molecule has 1 amide bonds. The number of aromatic carboxylic acids is 1. The molecule has 1 aromatic carbocycles. The Bertz CT molecular complexity index is 497. The van der Waals surface area contributed by atoms with Gasteiger partial charge >= 0.3 is 5.97 Å². The van der Waals surface area contributed by atoms with Gasteiger partial charge in [0.25, 0.3) is 0 Å². The monoisotopic (exact) mass is 316 g/mol. The van der Waals surface area contributed by atoms with E-state index in [9.17, 15) is 9.59 Å². The van der Waals surface area contributed by atoms with Crippen LogP contribution in [0.5, 0.6) is 0 Å². The number of carboxylic acid groups (broad SMARTS) is 1. The van der Waals surface area contributed by atoms with Crippen molar-refractivity contribution in [1.82, 2.24) is 0 Å². The van der Waals surface area contributed by atoms with Crippen LogP contribution in [0.4, 0.5) is 5.69 Å². The number of anilines is 1. The van der Waals surface area contributed by atoms with Crippen LogP contribution in [0.3, 0.4) is 0 Å². The third kappa shape index (κ3) is 5.40. The zero-order valence-electron chi connectivity index (χ0n) is 11.1. The van der Waals surface area contributed by atoms with Crippen molar-refractivity contribution in [2.24, 2.45) is 5.73 Å². The molecule has 0 heterocycles. The van der Waals surface area contributed by atoms with Gasteiger partial charge < -0.3 is 16.2 Å². The first-order valence-corrected chi connectivity index (χ1v) is 7.63. The zero-order valence-corrected chi connectivity index (χ0v) is 12.6. The lowest BCUT2D eigenvalue weighted by Gasteiger charge is -2.10. The Kier molecular flexibility index (Phi) is 6.84. The molecule has 1 atom stereocenters. The fraction of sp³-hybridized carbons (Fsp3) is 0.385. The van der Waals surface area contributed by atoms with Crippen LogP contribution >= 0.6 is 23.4 Å². The lowest BCUT2D eigenvalue weighted by Crippen LogP contribution is -2.23. The second kappa shape index (κ2) is 8.14. The second-order valence-electron chi connectivity index (χ2n) is 4.23. The van der Waals surface area contributed by atoms with E-state index in [4.69, 9.17) is 22.4 Å². The van der Waals surface area contributed by atoms with Crippen molar-refractivity contribution < 1.29 is 14.7 Å². The van der Waals surface area contributed by atoms with Gasteiger partial charge in [0.2, 0.25) is 5.91 Å². The van der Waals surface area contributed by atoms with E-state index in [0.717, 1.165) is 6.42 Å². The molecule has 0 aliphatic carbocycles. The topological polar surface area (TPSA) is 92.4 Å². The number of nitrogens with two attached hydrogens (primary N) is 1. The summed E-state index contributed by atoms with van der Waals surface area (Å²) in [6.45, 7) is 1.99. The molecule has 4 N–H and O–H groups in total. The van der Waals surface area contributed by atoms with E-state index in [0.29, 0.717) is 16.5 Å². The molecule has 0 aromatic heterocycles. The number of halogens is 1. The molecule has 1 unspecified atom stereocenters. The summed E-state index contributed by atoms with van der Waals surface area (Å²) in [4.78, 5) is 22.6. The Hall–Kier alpha value is -1.24. The van der Waals surface area contributed by atoms with Crippen molar-refractivity contribution in [3.05, 3.63) is 28.8 Å². The highest BCUT2D eigenvalue weighted by atomic mass is 35.5. The lowest BCUT2D eigenvalue weighted by atomic mass is 10.2. The first-order valence-electron chi connectivity index (χ1n) is 6.10. The minimum absolute atomic E-state index is 0.0744. The van der Waals surface area contributed by atoms with Gasteiger partial charge in [-0.1, -0.05) is 18.5 Å². The van der Waals surface area contributed by atoms with Crippen molar-refractivity contribution in [3.8, 4) is 0 Å². The molecule has 1 aromatic rings. The van der Waals surface area contributed by atoms with Gasteiger partial charge in [0.15, 0.2) is 0 Å². The molecule has 7 heteroatoms. The Morgan fingerprint density at radius 3 is 2.80 bits per heavy atom. The second-order valence-corrected chi connectivity index (χ2v) is 5.67. The number of rotatable bonds is 7. The molecule has 0 saturated heterocycles. The van der Waals surface area contributed by atoms with Gasteiger partial charge in [0.1, 0.15) is 0 Å². The summed E-state index contributed by atoms with van der Waals surface area (Å²) in [7, 11) is 0. The van der Waals surface area contributed by atoms with E-state index in [1.165, 1.54) is 30.0 Å². The molecule has 0 bridgehead atoms. The fourth-order valence-electron chi connectivity index (χ4n) is 1.36. The van der Waals surface area contributed by atoms with Gasteiger partial charge in [-0.2, -0.15) is 11.8 Å². The average Bonchev–Trinajstić information content (AvgIpc) is 2.40. The van der Waals surface area contributed by atoms with E-state index in [-0.39, 0.29) is 23.3 Å². The summed E-state index contributed by atoms with van der Waals surface area (Å²) in [6.07, 6.45) is 0.862. The van der Waals surface area contributed by atoms with Crippen molar-refractivity contribution in [3.63, 3.8) is 0 Å². The molecule has 5 nitrogen and oxygen atoms in total. The maximum atomic E-state index is 11.7. The Balaban J connectivity index is 2.57. The van der Waals surface area contributed by atoms with Gasteiger partial charge in [-0.15, -0.1) is 0 Å². The Labute approximate surface area is 126 Å². The van der Waals surface area contributed by atoms with Crippen LogP contribution in [0.2, 0.25) is 5.02 Å². The highest BCUT2D eigenvalue weighted by molar-refractivity contribution is 8.00. The zero-order chi connectivity index (χ0) is 15.1. The SMILES string of the molecule is CCC(N)CSCC(=O)Nc1cc(C(=O)O)ccc1Cl. The van der Waals surface area contributed by atoms with E-state index in [2.05, 4.69) is 5.32 Å². The van der Waals surface area contributed by atoms with Crippen LogP contribution < -0.4 is 11.1 Å². The molecule has 1 rings (SSSR count). The fourth-order valence-corrected chi connectivity index (χ4v) is 2.44. The average molecular weight is 317 g/mol. The molecule has 0 saturated carbocycles. The van der Waals surface area contributed by atoms with Crippen LogP contribution in [-0.2, 0) is 4.79 Å². The van der Waals surface area contributed by atoms with Crippen LogP contribution in [-0.4, -0.2) is 34.5 Å². The van der Waals surface area contributed by atoms with Crippen LogP contribution in [0, 0.1) is 0 Å². The highest BCUT2D eigenvalue weighted by Crippen LogP contribution is 2.23. The predicted molar refractivity (Wildman–Crippen MR) is 82.6 cm³/mol. The summed E-state index contributed by atoms with van der Waals surface area (Å²) in [6, 6.07) is 4.24. The smallest absolute Gasteiger partial charge is 0.335 e. The molecule has 0 radical (unpaired) electrons. The number of carboxylic acids is 1. The Morgan fingerprint density at radius 2 is 2.20 bits per heavy atom. The first-order chi connectivity index (χ1) is 9.43. The van der Waals surface area contributed by atoms with E-state index < -0.39 is 5.97 Å². The van der Waals surface area contributed by atoms with Crippen molar-refractivity contribution in [2.45, 2.75) is 19.4 Å². The number of thioether (sulfide) groups is 1. The van der Waals surface area contributed by atoms with Crippen LogP contribution in [0.25, 0.3) is 0 Å². The van der Waals surface area contributed by atoms with Crippen molar-refractivity contribution in [1.29, 1.82) is 0 Å². The molecule has 0 spiro atoms. The highest BCUT2D eigenvalue weighted by Gasteiger charge is 2.10. The summed E-state index contributed by atoms with van der Waals surface area (Å²) in [5.41, 5.74) is 6.13. The Morgan fingerprint density at radius 1 is 1.50 bits per heavy atom. The largest absolute Gasteiger partial charge is 0.478 e. The van der Waals surface area contributed by atoms with Gasteiger partial charge in [0.05, 0.1) is 22.0 Å². The van der Waals surface area contributed by atoms with Crippen molar-refractivity contribution >= 4 is 40.9 Å². The van der Waals surface area contributed by atoms with Crippen molar-refractivity contribution in [2.75, 3.05) is 16.8 Å². The number of amides is 1. The molecular formula is C13H17ClN2O3S. The van der Waals surface area contributed by atoms with E-state index in [1.54, 1.807) is 0 Å². The number of carbonyl (C=O) groups excluding carboxylic acids is 1. The summed E-state index contributed by atoms with van der Waals surface area (Å²) < 4.78 is 0. The van der Waals surface area contributed by atoms with E-state index in [1.807, 2.05) is 6.92 Å². The number of benzene rings is 1.